The third kappa shape index (κ3) is 4.03. The molecule has 0 radical (unpaired) electrons. The Morgan fingerprint density at radius 1 is 1.28 bits per heavy atom. The van der Waals surface area contributed by atoms with Crippen molar-refractivity contribution >= 4 is 50.3 Å². The number of carboxylic acid groups (broad SMARTS) is 1. The number of carboxylic acids is 1. The van der Waals surface area contributed by atoms with Gasteiger partial charge < -0.3 is 15.0 Å². The van der Waals surface area contributed by atoms with Gasteiger partial charge in [-0.05, 0) is 60.9 Å². The van der Waals surface area contributed by atoms with Crippen LogP contribution >= 0.6 is 23.1 Å². The third-order valence-electron chi connectivity index (χ3n) is 3.66. The van der Waals surface area contributed by atoms with Gasteiger partial charge in [-0.2, -0.15) is 0 Å². The van der Waals surface area contributed by atoms with Gasteiger partial charge in [-0.3, -0.25) is 0 Å². The summed E-state index contributed by atoms with van der Waals surface area (Å²) in [4.78, 5) is 16.3. The number of nitrogens with zero attached hydrogens (tertiary/aromatic N) is 1. The number of fused-ring (bicyclic) bond motifs is 1. The highest BCUT2D eigenvalue weighted by atomic mass is 32.2. The van der Waals surface area contributed by atoms with Gasteiger partial charge in [-0.1, -0.05) is 12.1 Å². The Morgan fingerprint density at radius 3 is 2.60 bits per heavy atom. The molecule has 1 heterocycles. The van der Waals surface area contributed by atoms with Crippen molar-refractivity contribution in [3.63, 3.8) is 0 Å². The largest absolute Gasteiger partial charge is 0.549 e. The molecule has 0 aliphatic rings. The van der Waals surface area contributed by atoms with Gasteiger partial charge in [0.05, 0.1) is 16.2 Å². The van der Waals surface area contributed by atoms with E-state index in [2.05, 4.69) is 4.98 Å². The zero-order chi connectivity index (χ0) is 18.0. The lowest BCUT2D eigenvalue weighted by Gasteiger charge is -2.08. The Balaban J connectivity index is 2.06. The van der Waals surface area contributed by atoms with Crippen molar-refractivity contribution in [3.05, 3.63) is 58.1 Å². The van der Waals surface area contributed by atoms with E-state index in [9.17, 15) is 15.0 Å². The quantitative estimate of drug-likeness (QED) is 0.743. The van der Waals surface area contributed by atoms with Gasteiger partial charge >= 0.3 is 0 Å². The predicted molar refractivity (Wildman–Crippen MR) is 103 cm³/mol. The average molecular weight is 370 g/mol. The number of phenols is 1. The van der Waals surface area contributed by atoms with Crippen LogP contribution in [0.25, 0.3) is 21.2 Å². The van der Waals surface area contributed by atoms with E-state index in [0.29, 0.717) is 0 Å². The summed E-state index contributed by atoms with van der Waals surface area (Å²) < 4.78 is 1.05. The molecule has 1 aromatic heterocycles. The summed E-state index contributed by atoms with van der Waals surface area (Å²) in [6, 6.07) is 11.5. The molecule has 0 aliphatic heterocycles. The van der Waals surface area contributed by atoms with Crippen molar-refractivity contribution in [1.29, 1.82) is 0 Å². The maximum atomic E-state index is 10.9. The molecule has 0 bridgehead atoms. The second kappa shape index (κ2) is 7.29. The lowest BCUT2D eigenvalue weighted by atomic mass is 10.1. The molecule has 0 spiro atoms. The zero-order valence-corrected chi connectivity index (χ0v) is 15.4. The number of para-hydroxylation sites is 1. The second-order valence-electron chi connectivity index (χ2n) is 5.66. The lowest BCUT2D eigenvalue weighted by molar-refractivity contribution is -0.301. The van der Waals surface area contributed by atoms with E-state index >= 15 is 0 Å². The van der Waals surface area contributed by atoms with Crippen LogP contribution in [0, 0.1) is 13.8 Å². The van der Waals surface area contributed by atoms with E-state index in [1.165, 1.54) is 23.1 Å². The standard InChI is InChI=1S/C19H17NO3S2/c1-11-7-13(8-12(2)18(11)23)9-16(24-10-17(21)22)19-20-14-5-3-4-6-15(14)25-19/h3-9,23H,10H2,1-2H3,(H,21,22)/p-1/b16-9-. The van der Waals surface area contributed by atoms with Crippen LogP contribution in [0.1, 0.15) is 21.7 Å². The van der Waals surface area contributed by atoms with Crippen LogP contribution in [-0.4, -0.2) is 21.8 Å². The summed E-state index contributed by atoms with van der Waals surface area (Å²) in [5.74, 6) is -0.978. The molecular formula is C19H16NO3S2-. The van der Waals surface area contributed by atoms with Crippen LogP contribution in [0.4, 0.5) is 0 Å². The molecule has 0 fully saturated rings. The Kier molecular flexibility index (Phi) is 5.11. The van der Waals surface area contributed by atoms with E-state index in [0.717, 1.165) is 36.8 Å². The van der Waals surface area contributed by atoms with Crippen LogP contribution in [-0.2, 0) is 4.79 Å². The highest BCUT2D eigenvalue weighted by Gasteiger charge is 2.11. The monoisotopic (exact) mass is 370 g/mol. The number of hydrogen-bond acceptors (Lipinski definition) is 6. The highest BCUT2D eigenvalue weighted by molar-refractivity contribution is 8.09. The van der Waals surface area contributed by atoms with Gasteiger partial charge in [0.1, 0.15) is 10.8 Å². The summed E-state index contributed by atoms with van der Waals surface area (Å²) in [6.45, 7) is 3.68. The first-order valence-electron chi connectivity index (χ1n) is 7.64. The average Bonchev–Trinajstić information content (AvgIpc) is 3.00. The predicted octanol–water partition coefficient (Wildman–Crippen LogP) is 3.60. The minimum absolute atomic E-state index is 0.141. The summed E-state index contributed by atoms with van der Waals surface area (Å²) in [5, 5.41) is 21.6. The maximum Gasteiger partial charge on any atom is 0.131 e. The molecule has 6 heteroatoms. The number of hydrogen-bond donors (Lipinski definition) is 1. The minimum atomic E-state index is -1.12. The van der Waals surface area contributed by atoms with Crippen LogP contribution in [0.3, 0.4) is 0 Å². The van der Waals surface area contributed by atoms with Gasteiger partial charge in [0.15, 0.2) is 0 Å². The van der Waals surface area contributed by atoms with Crippen LogP contribution < -0.4 is 5.11 Å². The van der Waals surface area contributed by atoms with Crippen LogP contribution in [0.5, 0.6) is 5.75 Å². The molecule has 0 atom stereocenters. The van der Waals surface area contributed by atoms with Crippen molar-refractivity contribution in [2.24, 2.45) is 0 Å². The number of aliphatic carboxylic acids is 1. The molecule has 3 rings (SSSR count). The first-order valence-corrected chi connectivity index (χ1v) is 9.45. The van der Waals surface area contributed by atoms with E-state index < -0.39 is 5.97 Å². The van der Waals surface area contributed by atoms with Crippen molar-refractivity contribution in [2.75, 3.05) is 5.75 Å². The number of aromatic hydroxyl groups is 1. The van der Waals surface area contributed by atoms with Gasteiger partial charge in [0, 0.05) is 10.7 Å². The molecule has 25 heavy (non-hydrogen) atoms. The fraction of sp³-hybridized carbons (Fsp3) is 0.158. The number of thioether (sulfide) groups is 1. The summed E-state index contributed by atoms with van der Waals surface area (Å²) >= 11 is 2.72. The molecule has 0 saturated carbocycles. The van der Waals surface area contributed by atoms with Gasteiger partial charge in [0.25, 0.3) is 0 Å². The normalized spacial score (nSPS) is 11.8. The Morgan fingerprint density at radius 2 is 1.96 bits per heavy atom. The molecule has 2 aromatic carbocycles. The number of rotatable bonds is 5. The first-order chi connectivity index (χ1) is 11.9. The Hall–Kier alpha value is -2.31. The van der Waals surface area contributed by atoms with Crippen molar-refractivity contribution < 1.29 is 15.0 Å². The molecule has 128 valence electrons. The summed E-state index contributed by atoms with van der Waals surface area (Å²) in [6.07, 6.45) is 1.91. The number of phenolic OH excluding ortho intramolecular Hbond substituents is 1. The smallest absolute Gasteiger partial charge is 0.131 e. The zero-order valence-electron chi connectivity index (χ0n) is 13.8. The van der Waals surface area contributed by atoms with E-state index in [1.807, 2.05) is 56.3 Å². The van der Waals surface area contributed by atoms with Crippen molar-refractivity contribution in [3.8, 4) is 5.75 Å². The number of carbonyl (C=O) groups excluding carboxylic acids is 1. The first kappa shape index (κ1) is 17.5. The fourth-order valence-electron chi connectivity index (χ4n) is 2.50. The van der Waals surface area contributed by atoms with Crippen LogP contribution in [0.2, 0.25) is 0 Å². The SMILES string of the molecule is Cc1cc(/C=C(\SCC(=O)[O-])c2nc3ccccc3s2)cc(C)c1O. The molecule has 3 aromatic rings. The van der Waals surface area contributed by atoms with Crippen molar-refractivity contribution in [1.82, 2.24) is 4.98 Å². The minimum Gasteiger partial charge on any atom is -0.549 e. The summed E-state index contributed by atoms with van der Waals surface area (Å²) in [5.41, 5.74) is 3.34. The number of thiazole rings is 1. The topological polar surface area (TPSA) is 73.2 Å². The highest BCUT2D eigenvalue weighted by Crippen LogP contribution is 2.36. The van der Waals surface area contributed by atoms with Crippen molar-refractivity contribution in [2.45, 2.75) is 13.8 Å². The van der Waals surface area contributed by atoms with E-state index in [1.54, 1.807) is 0 Å². The Labute approximate surface area is 153 Å². The number of aryl methyl sites for hydroxylation is 2. The molecule has 1 N–H and O–H groups in total. The number of benzene rings is 2. The second-order valence-corrected chi connectivity index (χ2v) is 7.71. The van der Waals surface area contributed by atoms with Gasteiger partial charge in [0.2, 0.25) is 0 Å². The molecule has 0 aliphatic carbocycles. The number of carbonyl (C=O) groups is 1. The summed E-state index contributed by atoms with van der Waals surface area (Å²) in [7, 11) is 0. The molecule has 0 saturated heterocycles. The third-order valence-corrected chi connectivity index (χ3v) is 5.86. The molecular weight excluding hydrogens is 354 g/mol. The van der Waals surface area contributed by atoms with Crippen LogP contribution in [0.15, 0.2) is 36.4 Å². The Bertz CT molecular complexity index is 920. The molecule has 0 amide bonds. The van der Waals surface area contributed by atoms with E-state index in [4.69, 9.17) is 0 Å². The molecule has 0 unspecified atom stereocenters. The fourth-order valence-corrected chi connectivity index (χ4v) is 4.34. The number of aromatic nitrogens is 1. The van der Waals surface area contributed by atoms with Gasteiger partial charge in [-0.15, -0.1) is 23.1 Å². The lowest BCUT2D eigenvalue weighted by Crippen LogP contribution is -2.24. The van der Waals surface area contributed by atoms with Gasteiger partial charge in [-0.25, -0.2) is 4.98 Å². The van der Waals surface area contributed by atoms with E-state index in [-0.39, 0.29) is 11.5 Å². The molecule has 4 nitrogen and oxygen atoms in total. The maximum absolute atomic E-state index is 10.9.